The molecule has 18 heavy (non-hydrogen) atoms. The highest BCUT2D eigenvalue weighted by atomic mass is 15.3. The van der Waals surface area contributed by atoms with Gasteiger partial charge in [0, 0.05) is 19.1 Å². The van der Waals surface area contributed by atoms with Crippen molar-refractivity contribution in [1.29, 1.82) is 0 Å². The molecule has 0 amide bonds. The van der Waals surface area contributed by atoms with E-state index in [2.05, 4.69) is 40.3 Å². The van der Waals surface area contributed by atoms with Crippen LogP contribution in [0, 0.1) is 0 Å². The van der Waals surface area contributed by atoms with Crippen LogP contribution in [-0.4, -0.2) is 28.9 Å². The van der Waals surface area contributed by atoms with E-state index in [0.717, 1.165) is 38.6 Å². The van der Waals surface area contributed by atoms with Crippen molar-refractivity contribution >= 4 is 0 Å². The van der Waals surface area contributed by atoms with Gasteiger partial charge in [-0.3, -0.25) is 4.68 Å². The molecule has 2 rings (SSSR count). The van der Waals surface area contributed by atoms with Gasteiger partial charge in [-0.25, -0.2) is 0 Å². The van der Waals surface area contributed by atoms with E-state index in [1.165, 1.54) is 30.7 Å². The highest BCUT2D eigenvalue weighted by Crippen LogP contribution is 2.18. The van der Waals surface area contributed by atoms with Crippen LogP contribution in [0.1, 0.15) is 44.5 Å². The summed E-state index contributed by atoms with van der Waals surface area (Å²) in [5, 5.41) is 11.6. The van der Waals surface area contributed by atoms with Crippen molar-refractivity contribution in [3.63, 3.8) is 0 Å². The summed E-state index contributed by atoms with van der Waals surface area (Å²) in [7, 11) is 0. The topological polar surface area (TPSA) is 41.9 Å². The molecule has 2 N–H and O–H groups in total. The standard InChI is InChI=1S/C14H26N4/c1-3-12-10-14(18(4-2)17-12)11-15-8-5-9-16-13-6-7-13/h10,13,15-16H,3-9,11H2,1-2H3. The molecule has 1 fully saturated rings. The van der Waals surface area contributed by atoms with Crippen LogP contribution < -0.4 is 10.6 Å². The fraction of sp³-hybridized carbons (Fsp3) is 0.786. The Balaban J connectivity index is 1.63. The zero-order chi connectivity index (χ0) is 12.8. The molecule has 0 radical (unpaired) electrons. The third kappa shape index (κ3) is 4.10. The maximum atomic E-state index is 4.56. The molecule has 4 nitrogen and oxygen atoms in total. The molecule has 1 aromatic heterocycles. The van der Waals surface area contributed by atoms with Crippen molar-refractivity contribution < 1.29 is 0 Å². The predicted molar refractivity (Wildman–Crippen MR) is 74.6 cm³/mol. The smallest absolute Gasteiger partial charge is 0.0625 e. The van der Waals surface area contributed by atoms with Gasteiger partial charge in [-0.1, -0.05) is 6.92 Å². The molecule has 4 heteroatoms. The third-order valence-electron chi connectivity index (χ3n) is 3.42. The lowest BCUT2D eigenvalue weighted by molar-refractivity contribution is 0.556. The first-order valence-electron chi connectivity index (χ1n) is 7.33. The lowest BCUT2D eigenvalue weighted by Gasteiger charge is -2.07. The Kier molecular flexibility index (Phi) is 5.20. The summed E-state index contributed by atoms with van der Waals surface area (Å²) in [6.07, 6.45) is 4.98. The van der Waals surface area contributed by atoms with Crippen molar-refractivity contribution in [2.45, 2.75) is 58.7 Å². The summed E-state index contributed by atoms with van der Waals surface area (Å²) < 4.78 is 2.11. The normalized spacial score (nSPS) is 15.2. The first kappa shape index (κ1) is 13.6. The summed E-state index contributed by atoms with van der Waals surface area (Å²) in [4.78, 5) is 0. The summed E-state index contributed by atoms with van der Waals surface area (Å²) in [6, 6.07) is 3.05. The summed E-state index contributed by atoms with van der Waals surface area (Å²) in [6.45, 7) is 8.42. The highest BCUT2D eigenvalue weighted by Gasteiger charge is 2.19. The van der Waals surface area contributed by atoms with Crippen LogP contribution >= 0.6 is 0 Å². The second kappa shape index (κ2) is 6.90. The van der Waals surface area contributed by atoms with Gasteiger partial charge in [0.1, 0.15) is 0 Å². The van der Waals surface area contributed by atoms with Gasteiger partial charge in [-0.2, -0.15) is 5.10 Å². The summed E-state index contributed by atoms with van der Waals surface area (Å²) in [5.41, 5.74) is 2.51. The Bertz CT molecular complexity index is 355. The van der Waals surface area contributed by atoms with Gasteiger partial charge in [0.05, 0.1) is 11.4 Å². The van der Waals surface area contributed by atoms with Crippen molar-refractivity contribution in [3.8, 4) is 0 Å². The molecule has 0 aromatic carbocycles. The largest absolute Gasteiger partial charge is 0.314 e. The number of rotatable bonds is 9. The van der Waals surface area contributed by atoms with Crippen LogP contribution in [0.15, 0.2) is 6.07 Å². The maximum absolute atomic E-state index is 4.56. The molecule has 0 spiro atoms. The molecule has 0 aliphatic heterocycles. The molecule has 0 atom stereocenters. The molecular weight excluding hydrogens is 224 g/mol. The predicted octanol–water partition coefficient (Wildman–Crippen LogP) is 1.70. The Hall–Kier alpha value is -0.870. The Labute approximate surface area is 110 Å². The van der Waals surface area contributed by atoms with Crippen molar-refractivity contribution in [3.05, 3.63) is 17.5 Å². The van der Waals surface area contributed by atoms with Crippen LogP contribution in [0.25, 0.3) is 0 Å². The summed E-state index contributed by atoms with van der Waals surface area (Å²) in [5.74, 6) is 0. The Morgan fingerprint density at radius 1 is 1.33 bits per heavy atom. The lowest BCUT2D eigenvalue weighted by Crippen LogP contribution is -2.23. The van der Waals surface area contributed by atoms with Crippen LogP contribution in [-0.2, 0) is 19.5 Å². The average molecular weight is 250 g/mol. The fourth-order valence-corrected chi connectivity index (χ4v) is 2.13. The molecule has 0 unspecified atom stereocenters. The van der Waals surface area contributed by atoms with E-state index >= 15 is 0 Å². The minimum atomic E-state index is 0.832. The third-order valence-corrected chi connectivity index (χ3v) is 3.42. The van der Waals surface area contributed by atoms with Crippen LogP contribution in [0.2, 0.25) is 0 Å². The van der Waals surface area contributed by atoms with E-state index in [4.69, 9.17) is 0 Å². The van der Waals surface area contributed by atoms with Crippen molar-refractivity contribution in [2.24, 2.45) is 0 Å². The number of aromatic nitrogens is 2. The lowest BCUT2D eigenvalue weighted by atomic mass is 10.3. The zero-order valence-corrected chi connectivity index (χ0v) is 11.7. The van der Waals surface area contributed by atoms with E-state index < -0.39 is 0 Å². The molecule has 1 heterocycles. The molecule has 1 aliphatic rings. The molecule has 102 valence electrons. The fourth-order valence-electron chi connectivity index (χ4n) is 2.13. The van der Waals surface area contributed by atoms with E-state index in [1.807, 2.05) is 0 Å². The second-order valence-corrected chi connectivity index (χ2v) is 5.06. The molecule has 0 saturated heterocycles. The quantitative estimate of drug-likeness (QED) is 0.656. The van der Waals surface area contributed by atoms with Gasteiger partial charge in [-0.05, 0) is 51.8 Å². The molecule has 1 saturated carbocycles. The molecule has 1 aliphatic carbocycles. The van der Waals surface area contributed by atoms with Gasteiger partial charge >= 0.3 is 0 Å². The Morgan fingerprint density at radius 2 is 2.17 bits per heavy atom. The van der Waals surface area contributed by atoms with E-state index in [0.29, 0.717) is 0 Å². The first-order chi connectivity index (χ1) is 8.83. The summed E-state index contributed by atoms with van der Waals surface area (Å²) >= 11 is 0. The first-order valence-corrected chi connectivity index (χ1v) is 7.33. The van der Waals surface area contributed by atoms with Gasteiger partial charge in [-0.15, -0.1) is 0 Å². The molecule has 1 aromatic rings. The number of hydrogen-bond donors (Lipinski definition) is 2. The zero-order valence-electron chi connectivity index (χ0n) is 11.7. The van der Waals surface area contributed by atoms with Crippen LogP contribution in [0.4, 0.5) is 0 Å². The van der Waals surface area contributed by atoms with Gasteiger partial charge in [0.2, 0.25) is 0 Å². The Morgan fingerprint density at radius 3 is 2.83 bits per heavy atom. The van der Waals surface area contributed by atoms with Crippen molar-refractivity contribution in [1.82, 2.24) is 20.4 Å². The molecule has 0 bridgehead atoms. The van der Waals surface area contributed by atoms with Gasteiger partial charge < -0.3 is 10.6 Å². The van der Waals surface area contributed by atoms with E-state index in [-0.39, 0.29) is 0 Å². The van der Waals surface area contributed by atoms with E-state index in [1.54, 1.807) is 0 Å². The van der Waals surface area contributed by atoms with Gasteiger partial charge in [0.25, 0.3) is 0 Å². The molecular formula is C14H26N4. The van der Waals surface area contributed by atoms with Crippen LogP contribution in [0.5, 0.6) is 0 Å². The second-order valence-electron chi connectivity index (χ2n) is 5.06. The number of nitrogens with zero attached hydrogens (tertiary/aromatic N) is 2. The monoisotopic (exact) mass is 250 g/mol. The highest BCUT2D eigenvalue weighted by molar-refractivity contribution is 5.10. The number of hydrogen-bond acceptors (Lipinski definition) is 3. The van der Waals surface area contributed by atoms with E-state index in [9.17, 15) is 0 Å². The van der Waals surface area contributed by atoms with Crippen molar-refractivity contribution in [2.75, 3.05) is 13.1 Å². The minimum Gasteiger partial charge on any atom is -0.314 e. The minimum absolute atomic E-state index is 0.832. The maximum Gasteiger partial charge on any atom is 0.0625 e. The number of nitrogens with one attached hydrogen (secondary N) is 2. The van der Waals surface area contributed by atoms with Gasteiger partial charge in [0.15, 0.2) is 0 Å². The number of aryl methyl sites for hydroxylation is 2. The van der Waals surface area contributed by atoms with Crippen LogP contribution in [0.3, 0.4) is 0 Å². The SMILES string of the molecule is CCc1cc(CNCCCNC2CC2)n(CC)n1. The average Bonchev–Trinajstić information content (AvgIpc) is 3.12.